The van der Waals surface area contributed by atoms with Gasteiger partial charge < -0.3 is 29.3 Å². The number of nitrogens with one attached hydrogen (secondary N) is 2. The van der Waals surface area contributed by atoms with Crippen LogP contribution in [0.5, 0.6) is 11.5 Å². The van der Waals surface area contributed by atoms with Gasteiger partial charge in [-0.2, -0.15) is 0 Å². The summed E-state index contributed by atoms with van der Waals surface area (Å²) >= 11 is 0. The van der Waals surface area contributed by atoms with E-state index in [1.54, 1.807) is 6.26 Å². The smallest absolute Gasteiger partial charge is 0.195 e. The summed E-state index contributed by atoms with van der Waals surface area (Å²) < 4.78 is 22.4. The molecule has 1 aromatic heterocycles. The number of halogens is 1. The van der Waals surface area contributed by atoms with E-state index in [1.807, 2.05) is 30.3 Å². The number of fused-ring (bicyclic) bond motifs is 1. The van der Waals surface area contributed by atoms with E-state index in [1.165, 1.54) is 0 Å². The molecule has 1 fully saturated rings. The third kappa shape index (κ3) is 7.58. The van der Waals surface area contributed by atoms with Gasteiger partial charge in [-0.3, -0.25) is 9.89 Å². The maximum atomic E-state index is 5.81. The number of nitrogens with zero attached hydrogens (tertiary/aromatic N) is 2. The Bertz CT molecular complexity index is 810. The van der Waals surface area contributed by atoms with Gasteiger partial charge in [0.1, 0.15) is 5.76 Å². The topological polar surface area (TPSA) is 80.5 Å². The average Bonchev–Trinajstić information content (AvgIpc) is 3.18. The molecule has 1 aromatic carbocycles. The molecule has 2 N–H and O–H groups in total. The Hall–Kier alpha value is -1.98. The standard InChI is InChI=1S/C22H30N4O4.HI/c1-3-19(28-12-1)6-7-23-22(24-8-9-26-10-15-27-16-11-26)25-18-4-5-20-21(17-18)30-14-2-13-29-20;/h1,3-5,12,17H,2,6-11,13-16H2,(H2,23,24,25);1H. The molecular formula is C22H31IN4O4. The first-order valence-electron chi connectivity index (χ1n) is 10.6. The summed E-state index contributed by atoms with van der Waals surface area (Å²) in [5, 5.41) is 6.80. The number of anilines is 1. The highest BCUT2D eigenvalue weighted by atomic mass is 127. The number of benzene rings is 1. The lowest BCUT2D eigenvalue weighted by Gasteiger charge is -2.25. The Morgan fingerprint density at radius 1 is 1.03 bits per heavy atom. The summed E-state index contributed by atoms with van der Waals surface area (Å²) in [5.41, 5.74) is 0.912. The summed E-state index contributed by atoms with van der Waals surface area (Å²) in [6.45, 7) is 7.22. The van der Waals surface area contributed by atoms with E-state index in [-0.39, 0.29) is 24.0 Å². The molecule has 0 saturated carbocycles. The fraction of sp³-hybridized carbons (Fsp3) is 0.500. The molecule has 0 radical (unpaired) electrons. The van der Waals surface area contributed by atoms with Crippen molar-refractivity contribution in [1.82, 2.24) is 10.2 Å². The first kappa shape index (κ1) is 23.7. The molecular weight excluding hydrogens is 511 g/mol. The van der Waals surface area contributed by atoms with E-state index in [9.17, 15) is 0 Å². The molecule has 4 rings (SSSR count). The van der Waals surface area contributed by atoms with Gasteiger partial charge >= 0.3 is 0 Å². The van der Waals surface area contributed by atoms with Crippen LogP contribution in [-0.2, 0) is 11.2 Å². The Morgan fingerprint density at radius 2 is 1.87 bits per heavy atom. The molecule has 31 heavy (non-hydrogen) atoms. The Balaban J connectivity index is 0.00000272. The van der Waals surface area contributed by atoms with Crippen molar-refractivity contribution in [3.05, 3.63) is 42.4 Å². The van der Waals surface area contributed by atoms with E-state index in [0.717, 1.165) is 81.1 Å². The summed E-state index contributed by atoms with van der Waals surface area (Å²) in [4.78, 5) is 7.15. The van der Waals surface area contributed by atoms with Gasteiger partial charge in [-0.25, -0.2) is 0 Å². The number of aliphatic imine (C=N–C) groups is 1. The van der Waals surface area contributed by atoms with E-state index in [0.29, 0.717) is 19.8 Å². The highest BCUT2D eigenvalue weighted by Gasteiger charge is 2.12. The van der Waals surface area contributed by atoms with Crippen molar-refractivity contribution in [3.8, 4) is 11.5 Å². The summed E-state index contributed by atoms with van der Waals surface area (Å²) in [5.74, 6) is 3.24. The summed E-state index contributed by atoms with van der Waals surface area (Å²) in [6.07, 6.45) is 3.38. The van der Waals surface area contributed by atoms with Crippen LogP contribution in [0.1, 0.15) is 12.2 Å². The quantitative estimate of drug-likeness (QED) is 0.317. The van der Waals surface area contributed by atoms with Crippen molar-refractivity contribution in [1.29, 1.82) is 0 Å². The molecule has 2 aromatic rings. The zero-order valence-corrected chi connectivity index (χ0v) is 20.0. The summed E-state index contributed by atoms with van der Waals surface area (Å²) in [6, 6.07) is 9.78. The number of ether oxygens (including phenoxy) is 3. The predicted molar refractivity (Wildman–Crippen MR) is 131 cm³/mol. The van der Waals surface area contributed by atoms with Gasteiger partial charge in [0.25, 0.3) is 0 Å². The molecule has 2 aliphatic rings. The number of furan rings is 1. The molecule has 1 saturated heterocycles. The number of hydrogen-bond acceptors (Lipinski definition) is 6. The molecule has 3 heterocycles. The van der Waals surface area contributed by atoms with E-state index in [2.05, 4.69) is 15.5 Å². The van der Waals surface area contributed by atoms with Gasteiger partial charge in [-0.15, -0.1) is 24.0 Å². The zero-order valence-electron chi connectivity index (χ0n) is 17.7. The first-order chi connectivity index (χ1) is 14.9. The number of rotatable bonds is 7. The lowest BCUT2D eigenvalue weighted by Crippen LogP contribution is -2.38. The third-order valence-electron chi connectivity index (χ3n) is 5.04. The number of morpholine rings is 1. The van der Waals surface area contributed by atoms with Crippen LogP contribution in [0.15, 0.2) is 46.0 Å². The number of hydrogen-bond donors (Lipinski definition) is 2. The highest BCUT2D eigenvalue weighted by Crippen LogP contribution is 2.32. The van der Waals surface area contributed by atoms with Crippen LogP contribution < -0.4 is 20.1 Å². The predicted octanol–water partition coefficient (Wildman–Crippen LogP) is 2.99. The van der Waals surface area contributed by atoms with Gasteiger partial charge in [0.2, 0.25) is 0 Å². The molecule has 8 nitrogen and oxygen atoms in total. The van der Waals surface area contributed by atoms with Crippen molar-refractivity contribution in [3.63, 3.8) is 0 Å². The van der Waals surface area contributed by atoms with Crippen LogP contribution in [0.25, 0.3) is 0 Å². The largest absolute Gasteiger partial charge is 0.490 e. The molecule has 9 heteroatoms. The lowest BCUT2D eigenvalue weighted by atomic mass is 10.2. The van der Waals surface area contributed by atoms with Crippen LogP contribution in [0.3, 0.4) is 0 Å². The average molecular weight is 542 g/mol. The zero-order chi connectivity index (χ0) is 20.4. The minimum atomic E-state index is 0. The maximum absolute atomic E-state index is 5.81. The molecule has 0 bridgehead atoms. The molecule has 0 unspecified atom stereocenters. The van der Waals surface area contributed by atoms with Crippen LogP contribution in [0.4, 0.5) is 5.69 Å². The van der Waals surface area contributed by atoms with E-state index in [4.69, 9.17) is 23.6 Å². The van der Waals surface area contributed by atoms with E-state index >= 15 is 0 Å². The SMILES string of the molecule is I.c1coc(CCNC(=NCCN2CCOCC2)Nc2ccc3c(c2)OCCCO3)c1. The minimum Gasteiger partial charge on any atom is -0.490 e. The second-order valence-electron chi connectivity index (χ2n) is 7.28. The van der Waals surface area contributed by atoms with Gasteiger partial charge in [0, 0.05) is 50.8 Å². The normalized spacial score (nSPS) is 16.8. The monoisotopic (exact) mass is 542 g/mol. The van der Waals surface area contributed by atoms with Gasteiger partial charge in [-0.05, 0) is 24.3 Å². The minimum absolute atomic E-state index is 0. The highest BCUT2D eigenvalue weighted by molar-refractivity contribution is 14.0. The van der Waals surface area contributed by atoms with Crippen LogP contribution in [0, 0.1) is 0 Å². The van der Waals surface area contributed by atoms with Crippen molar-refractivity contribution in [2.45, 2.75) is 12.8 Å². The third-order valence-corrected chi connectivity index (χ3v) is 5.04. The van der Waals surface area contributed by atoms with Crippen LogP contribution in [0.2, 0.25) is 0 Å². The van der Waals surface area contributed by atoms with Crippen LogP contribution in [-0.4, -0.2) is 70.0 Å². The maximum Gasteiger partial charge on any atom is 0.195 e. The fourth-order valence-electron chi connectivity index (χ4n) is 3.40. The summed E-state index contributed by atoms with van der Waals surface area (Å²) in [7, 11) is 0. The number of guanidine groups is 1. The molecule has 0 aliphatic carbocycles. The first-order valence-corrected chi connectivity index (χ1v) is 10.6. The molecule has 0 spiro atoms. The Labute approximate surface area is 200 Å². The molecule has 0 atom stereocenters. The Kier molecular flexibility index (Phi) is 9.76. The van der Waals surface area contributed by atoms with Crippen molar-refractivity contribution < 1.29 is 18.6 Å². The van der Waals surface area contributed by atoms with Crippen molar-refractivity contribution in [2.75, 3.05) is 64.5 Å². The van der Waals surface area contributed by atoms with Gasteiger partial charge in [0.15, 0.2) is 17.5 Å². The van der Waals surface area contributed by atoms with Crippen molar-refractivity contribution in [2.24, 2.45) is 4.99 Å². The van der Waals surface area contributed by atoms with Crippen molar-refractivity contribution >= 4 is 35.6 Å². The second-order valence-corrected chi connectivity index (χ2v) is 7.28. The fourth-order valence-corrected chi connectivity index (χ4v) is 3.40. The molecule has 170 valence electrons. The molecule has 0 amide bonds. The molecule has 2 aliphatic heterocycles. The Morgan fingerprint density at radius 3 is 2.68 bits per heavy atom. The van der Waals surface area contributed by atoms with Crippen LogP contribution >= 0.6 is 24.0 Å². The van der Waals surface area contributed by atoms with Gasteiger partial charge in [0.05, 0.1) is 39.2 Å². The van der Waals surface area contributed by atoms with Gasteiger partial charge in [-0.1, -0.05) is 0 Å². The second kappa shape index (κ2) is 12.8. The van der Waals surface area contributed by atoms with E-state index < -0.39 is 0 Å². The lowest BCUT2D eigenvalue weighted by molar-refractivity contribution is 0.0394.